The summed E-state index contributed by atoms with van der Waals surface area (Å²) in [6, 6.07) is 0.293. The Balaban J connectivity index is 1.96. The number of amides is 2. The van der Waals surface area contributed by atoms with Gasteiger partial charge < -0.3 is 9.80 Å². The molecule has 0 aliphatic carbocycles. The first kappa shape index (κ1) is 18.2. The fourth-order valence-electron chi connectivity index (χ4n) is 3.85. The van der Waals surface area contributed by atoms with Crippen molar-refractivity contribution in [3.05, 3.63) is 0 Å². The minimum atomic E-state index is -0.463. The van der Waals surface area contributed by atoms with Gasteiger partial charge in [-0.1, -0.05) is 19.8 Å². The Hall–Kier alpha value is -1.14. The van der Waals surface area contributed by atoms with Crippen LogP contribution in [0.3, 0.4) is 0 Å². The minimum absolute atomic E-state index is 0.0856. The van der Waals surface area contributed by atoms with Gasteiger partial charge in [0.15, 0.2) is 0 Å². The van der Waals surface area contributed by atoms with Crippen molar-refractivity contribution >= 4 is 11.8 Å². The molecule has 0 radical (unpaired) electrons. The fraction of sp³-hybridized carbons (Fsp3) is 0.882. The summed E-state index contributed by atoms with van der Waals surface area (Å²) >= 11 is 0. The highest BCUT2D eigenvalue weighted by molar-refractivity contribution is 5.85. The van der Waals surface area contributed by atoms with E-state index in [4.69, 9.17) is 5.21 Å². The van der Waals surface area contributed by atoms with E-state index >= 15 is 0 Å². The fourth-order valence-corrected chi connectivity index (χ4v) is 3.85. The van der Waals surface area contributed by atoms with Crippen LogP contribution in [0.1, 0.15) is 58.3 Å². The summed E-state index contributed by atoms with van der Waals surface area (Å²) in [4.78, 5) is 28.9. The molecule has 2 saturated heterocycles. The average Bonchev–Trinajstić information content (AvgIpc) is 3.22. The van der Waals surface area contributed by atoms with E-state index in [-0.39, 0.29) is 18.2 Å². The Morgan fingerprint density at radius 1 is 1.22 bits per heavy atom. The summed E-state index contributed by atoms with van der Waals surface area (Å²) in [5, 5.41) is 8.77. The minimum Gasteiger partial charge on any atom is -0.338 e. The molecule has 0 bridgehead atoms. The van der Waals surface area contributed by atoms with Crippen LogP contribution in [0.15, 0.2) is 0 Å². The standard InChI is InChI=1S/C17H31N3O3/c1-2-3-7-14(12-16(21)18-23)17(22)20-11-6-8-15(20)13-19-9-4-5-10-19/h14-15,23H,2-13H2,1H3,(H,18,21)/t14-,15+/m1/s1. The number of nitrogens with zero attached hydrogens (tertiary/aromatic N) is 2. The molecule has 0 aromatic heterocycles. The second-order valence-electron chi connectivity index (χ2n) is 6.91. The molecule has 6 heteroatoms. The summed E-state index contributed by atoms with van der Waals surface area (Å²) in [6.45, 7) is 6.15. The van der Waals surface area contributed by atoms with Crippen molar-refractivity contribution in [2.24, 2.45) is 5.92 Å². The normalized spacial score (nSPS) is 23.2. The Bertz CT molecular complexity index is 397. The van der Waals surface area contributed by atoms with Gasteiger partial charge >= 0.3 is 0 Å². The number of carbonyl (C=O) groups excluding carboxylic acids is 2. The summed E-state index contributed by atoms with van der Waals surface area (Å²) in [7, 11) is 0. The second-order valence-corrected chi connectivity index (χ2v) is 6.91. The number of hydrogen-bond acceptors (Lipinski definition) is 4. The Labute approximate surface area is 139 Å². The molecule has 132 valence electrons. The Kier molecular flexibility index (Phi) is 7.30. The molecule has 23 heavy (non-hydrogen) atoms. The number of carbonyl (C=O) groups is 2. The molecule has 0 aromatic carbocycles. The number of likely N-dealkylation sites (tertiary alicyclic amines) is 2. The van der Waals surface area contributed by atoms with Gasteiger partial charge in [-0.3, -0.25) is 14.8 Å². The van der Waals surface area contributed by atoms with Crippen LogP contribution < -0.4 is 5.48 Å². The third-order valence-corrected chi connectivity index (χ3v) is 5.14. The van der Waals surface area contributed by atoms with E-state index in [1.165, 1.54) is 12.8 Å². The van der Waals surface area contributed by atoms with Gasteiger partial charge in [0, 0.05) is 31.5 Å². The van der Waals surface area contributed by atoms with E-state index < -0.39 is 5.91 Å². The average molecular weight is 325 g/mol. The molecule has 2 aliphatic heterocycles. The van der Waals surface area contributed by atoms with Gasteiger partial charge in [-0.15, -0.1) is 0 Å². The van der Waals surface area contributed by atoms with Crippen LogP contribution in [-0.2, 0) is 9.59 Å². The van der Waals surface area contributed by atoms with Gasteiger partial charge in [0.2, 0.25) is 11.8 Å². The molecule has 2 heterocycles. The van der Waals surface area contributed by atoms with E-state index in [9.17, 15) is 9.59 Å². The van der Waals surface area contributed by atoms with Crippen LogP contribution in [0.4, 0.5) is 0 Å². The Morgan fingerprint density at radius 3 is 2.61 bits per heavy atom. The molecule has 2 amide bonds. The lowest BCUT2D eigenvalue weighted by molar-refractivity contribution is -0.141. The molecule has 2 N–H and O–H groups in total. The lowest BCUT2D eigenvalue weighted by atomic mass is 9.96. The van der Waals surface area contributed by atoms with Crippen LogP contribution in [0.25, 0.3) is 0 Å². The van der Waals surface area contributed by atoms with Gasteiger partial charge in [0.25, 0.3) is 0 Å². The van der Waals surface area contributed by atoms with Gasteiger partial charge in [0.1, 0.15) is 0 Å². The number of hydrogen-bond donors (Lipinski definition) is 2. The monoisotopic (exact) mass is 325 g/mol. The van der Waals surface area contributed by atoms with Crippen molar-refractivity contribution in [1.29, 1.82) is 0 Å². The van der Waals surface area contributed by atoms with Crippen molar-refractivity contribution in [2.75, 3.05) is 26.2 Å². The second kappa shape index (κ2) is 9.23. The van der Waals surface area contributed by atoms with Crippen molar-refractivity contribution < 1.29 is 14.8 Å². The smallest absolute Gasteiger partial charge is 0.244 e. The lowest BCUT2D eigenvalue weighted by Gasteiger charge is -2.31. The van der Waals surface area contributed by atoms with Crippen molar-refractivity contribution in [1.82, 2.24) is 15.3 Å². The van der Waals surface area contributed by atoms with Gasteiger partial charge in [-0.05, 0) is 45.2 Å². The lowest BCUT2D eigenvalue weighted by Crippen LogP contribution is -2.45. The van der Waals surface area contributed by atoms with Crippen molar-refractivity contribution in [3.63, 3.8) is 0 Å². The zero-order chi connectivity index (χ0) is 16.7. The van der Waals surface area contributed by atoms with Gasteiger partial charge in [-0.25, -0.2) is 5.48 Å². The maximum Gasteiger partial charge on any atom is 0.244 e. The molecule has 2 aliphatic rings. The number of unbranched alkanes of at least 4 members (excludes halogenated alkanes) is 1. The van der Waals surface area contributed by atoms with Crippen molar-refractivity contribution in [2.45, 2.75) is 64.3 Å². The maximum absolute atomic E-state index is 12.9. The highest BCUT2D eigenvalue weighted by Gasteiger charge is 2.34. The first-order valence-electron chi connectivity index (χ1n) is 9.11. The SMILES string of the molecule is CCCC[C@H](CC(=O)NO)C(=O)N1CCC[C@H]1CN1CCCC1. The summed E-state index contributed by atoms with van der Waals surface area (Å²) in [5.74, 6) is -0.667. The van der Waals surface area contributed by atoms with E-state index in [0.29, 0.717) is 6.04 Å². The van der Waals surface area contributed by atoms with Gasteiger partial charge in [-0.2, -0.15) is 0 Å². The zero-order valence-electron chi connectivity index (χ0n) is 14.3. The molecule has 2 fully saturated rings. The maximum atomic E-state index is 12.9. The molecule has 0 saturated carbocycles. The van der Waals surface area contributed by atoms with Gasteiger partial charge in [0.05, 0.1) is 0 Å². The van der Waals surface area contributed by atoms with E-state index in [0.717, 1.165) is 58.3 Å². The number of nitrogens with one attached hydrogen (secondary N) is 1. The highest BCUT2D eigenvalue weighted by atomic mass is 16.5. The van der Waals surface area contributed by atoms with Crippen LogP contribution in [-0.4, -0.2) is 59.0 Å². The third kappa shape index (κ3) is 5.18. The highest BCUT2D eigenvalue weighted by Crippen LogP contribution is 2.25. The predicted octanol–water partition coefficient (Wildman–Crippen LogP) is 1.78. The predicted molar refractivity (Wildman–Crippen MR) is 88.0 cm³/mol. The molecule has 0 unspecified atom stereocenters. The topological polar surface area (TPSA) is 72.9 Å². The molecule has 0 spiro atoms. The van der Waals surface area contributed by atoms with Crippen LogP contribution in [0.2, 0.25) is 0 Å². The molecule has 0 aromatic rings. The molecular formula is C17H31N3O3. The van der Waals surface area contributed by atoms with Crippen LogP contribution in [0.5, 0.6) is 0 Å². The molecule has 2 rings (SSSR count). The quantitative estimate of drug-likeness (QED) is 0.527. The summed E-state index contributed by atoms with van der Waals surface area (Å²) in [5.41, 5.74) is 1.67. The first-order chi connectivity index (χ1) is 11.2. The number of rotatable bonds is 8. The molecule has 6 nitrogen and oxygen atoms in total. The van der Waals surface area contributed by atoms with E-state index in [1.54, 1.807) is 5.48 Å². The van der Waals surface area contributed by atoms with Crippen molar-refractivity contribution in [3.8, 4) is 0 Å². The molecular weight excluding hydrogens is 294 g/mol. The number of hydroxylamine groups is 1. The third-order valence-electron chi connectivity index (χ3n) is 5.14. The Morgan fingerprint density at radius 2 is 1.96 bits per heavy atom. The van der Waals surface area contributed by atoms with Crippen LogP contribution >= 0.6 is 0 Å². The summed E-state index contributed by atoms with van der Waals surface area (Å²) in [6.07, 6.45) is 7.37. The first-order valence-corrected chi connectivity index (χ1v) is 9.11. The zero-order valence-corrected chi connectivity index (χ0v) is 14.3. The molecule has 2 atom stereocenters. The van der Waals surface area contributed by atoms with E-state index in [2.05, 4.69) is 11.8 Å². The summed E-state index contributed by atoms with van der Waals surface area (Å²) < 4.78 is 0. The largest absolute Gasteiger partial charge is 0.338 e. The van der Waals surface area contributed by atoms with E-state index in [1.807, 2.05) is 4.90 Å². The van der Waals surface area contributed by atoms with Crippen LogP contribution in [0, 0.1) is 5.92 Å².